The summed E-state index contributed by atoms with van der Waals surface area (Å²) in [6, 6.07) is 6.01. The summed E-state index contributed by atoms with van der Waals surface area (Å²) in [6.45, 7) is 6.50. The standard InChI is InChI=1S/C12H17NO2/c1-8(12(2,3)13)9-4-5-10-11(6-9)15-7-14-10/h4-6,8H,7,13H2,1-3H3. The Kier molecular flexibility index (Phi) is 2.35. The van der Waals surface area contributed by atoms with Crippen molar-refractivity contribution in [1.82, 2.24) is 0 Å². The van der Waals surface area contributed by atoms with E-state index in [1.54, 1.807) is 0 Å². The van der Waals surface area contributed by atoms with Crippen molar-refractivity contribution in [3.05, 3.63) is 23.8 Å². The molecule has 0 spiro atoms. The summed E-state index contributed by atoms with van der Waals surface area (Å²) >= 11 is 0. The maximum absolute atomic E-state index is 6.08. The number of rotatable bonds is 2. The quantitative estimate of drug-likeness (QED) is 0.809. The van der Waals surface area contributed by atoms with Crippen molar-refractivity contribution >= 4 is 0 Å². The zero-order valence-corrected chi connectivity index (χ0v) is 9.41. The second-order valence-electron chi connectivity index (χ2n) is 4.66. The van der Waals surface area contributed by atoms with Crippen molar-refractivity contribution < 1.29 is 9.47 Å². The molecular formula is C12H17NO2. The molecule has 0 radical (unpaired) electrons. The van der Waals surface area contributed by atoms with E-state index in [1.165, 1.54) is 5.56 Å². The van der Waals surface area contributed by atoms with E-state index in [0.29, 0.717) is 6.79 Å². The molecule has 1 aromatic carbocycles. The van der Waals surface area contributed by atoms with Gasteiger partial charge in [0, 0.05) is 5.54 Å². The molecule has 3 nitrogen and oxygen atoms in total. The van der Waals surface area contributed by atoms with Gasteiger partial charge in [-0.15, -0.1) is 0 Å². The highest BCUT2D eigenvalue weighted by Crippen LogP contribution is 2.36. The van der Waals surface area contributed by atoms with Crippen LogP contribution in [0.2, 0.25) is 0 Å². The largest absolute Gasteiger partial charge is 0.454 e. The molecule has 0 bridgehead atoms. The normalized spacial score (nSPS) is 16.5. The molecule has 0 amide bonds. The van der Waals surface area contributed by atoms with Crippen LogP contribution in [-0.4, -0.2) is 12.3 Å². The monoisotopic (exact) mass is 207 g/mol. The Balaban J connectivity index is 2.31. The number of fused-ring (bicyclic) bond motifs is 1. The summed E-state index contributed by atoms with van der Waals surface area (Å²) in [5.41, 5.74) is 7.04. The van der Waals surface area contributed by atoms with Crippen LogP contribution in [0.1, 0.15) is 32.3 Å². The van der Waals surface area contributed by atoms with E-state index >= 15 is 0 Å². The van der Waals surface area contributed by atoms with Gasteiger partial charge in [-0.05, 0) is 37.5 Å². The van der Waals surface area contributed by atoms with Gasteiger partial charge in [-0.25, -0.2) is 0 Å². The first-order valence-corrected chi connectivity index (χ1v) is 5.17. The SMILES string of the molecule is CC(c1ccc2c(c1)OCO2)C(C)(C)N. The number of ether oxygens (including phenoxy) is 2. The minimum absolute atomic E-state index is 0.228. The molecule has 1 aliphatic rings. The molecule has 1 aliphatic heterocycles. The lowest BCUT2D eigenvalue weighted by Crippen LogP contribution is -2.37. The maximum Gasteiger partial charge on any atom is 0.231 e. The summed E-state index contributed by atoms with van der Waals surface area (Å²) in [4.78, 5) is 0. The average molecular weight is 207 g/mol. The van der Waals surface area contributed by atoms with Gasteiger partial charge in [0.05, 0.1) is 0 Å². The highest BCUT2D eigenvalue weighted by molar-refractivity contribution is 5.45. The lowest BCUT2D eigenvalue weighted by molar-refractivity contribution is 0.174. The van der Waals surface area contributed by atoms with E-state index in [2.05, 4.69) is 6.92 Å². The maximum atomic E-state index is 6.08. The minimum atomic E-state index is -0.228. The minimum Gasteiger partial charge on any atom is -0.454 e. The fraction of sp³-hybridized carbons (Fsp3) is 0.500. The van der Waals surface area contributed by atoms with Crippen molar-refractivity contribution in [2.24, 2.45) is 5.73 Å². The summed E-state index contributed by atoms with van der Waals surface area (Å²) in [5, 5.41) is 0. The van der Waals surface area contributed by atoms with E-state index in [1.807, 2.05) is 32.0 Å². The predicted molar refractivity (Wildman–Crippen MR) is 59.2 cm³/mol. The third kappa shape index (κ3) is 1.92. The van der Waals surface area contributed by atoms with Crippen LogP contribution < -0.4 is 15.2 Å². The van der Waals surface area contributed by atoms with Crippen LogP contribution in [0.5, 0.6) is 11.5 Å². The topological polar surface area (TPSA) is 44.5 Å². The molecule has 1 unspecified atom stereocenters. The van der Waals surface area contributed by atoms with Crippen molar-refractivity contribution in [3.63, 3.8) is 0 Å². The van der Waals surface area contributed by atoms with Gasteiger partial charge in [-0.2, -0.15) is 0 Å². The number of hydrogen-bond acceptors (Lipinski definition) is 3. The van der Waals surface area contributed by atoms with Gasteiger partial charge in [-0.3, -0.25) is 0 Å². The van der Waals surface area contributed by atoms with Crippen molar-refractivity contribution in [3.8, 4) is 11.5 Å². The first-order valence-electron chi connectivity index (χ1n) is 5.17. The average Bonchev–Trinajstić information content (AvgIpc) is 2.61. The number of hydrogen-bond donors (Lipinski definition) is 1. The first-order chi connectivity index (χ1) is 6.98. The van der Waals surface area contributed by atoms with Crippen LogP contribution in [0.3, 0.4) is 0 Å². The zero-order chi connectivity index (χ0) is 11.1. The molecule has 0 aromatic heterocycles. The fourth-order valence-electron chi connectivity index (χ4n) is 1.61. The molecule has 1 heterocycles. The van der Waals surface area contributed by atoms with Crippen LogP contribution in [0, 0.1) is 0 Å². The van der Waals surface area contributed by atoms with Crippen LogP contribution in [-0.2, 0) is 0 Å². The van der Waals surface area contributed by atoms with Gasteiger partial charge in [0.25, 0.3) is 0 Å². The van der Waals surface area contributed by atoms with Crippen molar-refractivity contribution in [2.75, 3.05) is 6.79 Å². The Morgan fingerprint density at radius 2 is 1.93 bits per heavy atom. The van der Waals surface area contributed by atoms with Gasteiger partial charge in [0.15, 0.2) is 11.5 Å². The molecule has 0 saturated heterocycles. The van der Waals surface area contributed by atoms with Gasteiger partial charge >= 0.3 is 0 Å². The summed E-state index contributed by atoms with van der Waals surface area (Å²) in [5.74, 6) is 1.93. The van der Waals surface area contributed by atoms with E-state index in [4.69, 9.17) is 15.2 Å². The molecule has 0 aliphatic carbocycles. The molecular weight excluding hydrogens is 190 g/mol. The molecule has 0 saturated carbocycles. The van der Waals surface area contributed by atoms with E-state index in [0.717, 1.165) is 11.5 Å². The smallest absolute Gasteiger partial charge is 0.231 e. The fourth-order valence-corrected chi connectivity index (χ4v) is 1.61. The third-order valence-corrected chi connectivity index (χ3v) is 3.01. The van der Waals surface area contributed by atoms with E-state index in [-0.39, 0.29) is 11.5 Å². The highest BCUT2D eigenvalue weighted by Gasteiger charge is 2.24. The summed E-state index contributed by atoms with van der Waals surface area (Å²) < 4.78 is 10.6. The van der Waals surface area contributed by atoms with Crippen LogP contribution >= 0.6 is 0 Å². The first kappa shape index (κ1) is 10.3. The second-order valence-corrected chi connectivity index (χ2v) is 4.66. The molecule has 3 heteroatoms. The molecule has 2 N–H and O–H groups in total. The Hall–Kier alpha value is -1.22. The molecule has 1 aromatic rings. The Bertz CT molecular complexity index is 368. The lowest BCUT2D eigenvalue weighted by Gasteiger charge is -2.27. The Morgan fingerprint density at radius 1 is 1.27 bits per heavy atom. The highest BCUT2D eigenvalue weighted by atomic mass is 16.7. The molecule has 0 fully saturated rings. The number of nitrogens with two attached hydrogens (primary N) is 1. The molecule has 15 heavy (non-hydrogen) atoms. The predicted octanol–water partition coefficient (Wildman–Crippen LogP) is 2.26. The third-order valence-electron chi connectivity index (χ3n) is 3.01. The van der Waals surface area contributed by atoms with E-state index < -0.39 is 0 Å². The summed E-state index contributed by atoms with van der Waals surface area (Å²) in [6.07, 6.45) is 0. The van der Waals surface area contributed by atoms with Crippen molar-refractivity contribution in [2.45, 2.75) is 32.2 Å². The summed E-state index contributed by atoms with van der Waals surface area (Å²) in [7, 11) is 0. The van der Waals surface area contributed by atoms with E-state index in [9.17, 15) is 0 Å². The second kappa shape index (κ2) is 3.42. The molecule has 2 rings (SSSR count). The molecule has 1 atom stereocenters. The van der Waals surface area contributed by atoms with Crippen LogP contribution in [0.25, 0.3) is 0 Å². The van der Waals surface area contributed by atoms with Crippen molar-refractivity contribution in [1.29, 1.82) is 0 Å². The van der Waals surface area contributed by atoms with Gasteiger partial charge in [-0.1, -0.05) is 13.0 Å². The van der Waals surface area contributed by atoms with Crippen LogP contribution in [0.4, 0.5) is 0 Å². The molecule has 82 valence electrons. The van der Waals surface area contributed by atoms with Crippen LogP contribution in [0.15, 0.2) is 18.2 Å². The zero-order valence-electron chi connectivity index (χ0n) is 9.41. The van der Waals surface area contributed by atoms with Gasteiger partial charge in [0.1, 0.15) is 0 Å². The Labute approximate surface area is 90.2 Å². The Morgan fingerprint density at radius 3 is 2.60 bits per heavy atom. The van der Waals surface area contributed by atoms with Gasteiger partial charge < -0.3 is 15.2 Å². The number of benzene rings is 1. The lowest BCUT2D eigenvalue weighted by atomic mass is 9.84. The van der Waals surface area contributed by atoms with Gasteiger partial charge in [0.2, 0.25) is 6.79 Å².